The molecule has 4 rings (SSSR count). The Hall–Kier alpha value is -3.21. The van der Waals surface area contributed by atoms with Gasteiger partial charge in [-0.15, -0.1) is 0 Å². The van der Waals surface area contributed by atoms with Crippen molar-refractivity contribution in [3.05, 3.63) is 95.1 Å². The fraction of sp³-hybridized carbons (Fsp3) is 0.308. The number of ether oxygens (including phenoxy) is 1. The number of likely N-dealkylation sites (tertiary alicyclic amines) is 1. The first-order valence-electron chi connectivity index (χ1n) is 10.7. The Kier molecular flexibility index (Phi) is 6.60. The van der Waals surface area contributed by atoms with E-state index < -0.39 is 0 Å². The van der Waals surface area contributed by atoms with Crippen molar-refractivity contribution in [3.63, 3.8) is 0 Å². The molecule has 0 spiro atoms. The van der Waals surface area contributed by atoms with Gasteiger partial charge in [0.15, 0.2) is 0 Å². The number of nitrogens with zero attached hydrogens (tertiary/aromatic N) is 2. The average Bonchev–Trinajstić information content (AvgIpc) is 2.80. The van der Waals surface area contributed by atoms with Crippen LogP contribution in [0.5, 0.6) is 5.75 Å². The maximum atomic E-state index is 13.5. The maximum Gasteiger partial charge on any atom is 0.227 e. The highest BCUT2D eigenvalue weighted by Gasteiger charge is 2.25. The molecule has 3 aromatic rings. The van der Waals surface area contributed by atoms with E-state index in [1.165, 1.54) is 6.07 Å². The Bertz CT molecular complexity index is 1040. The van der Waals surface area contributed by atoms with E-state index in [2.05, 4.69) is 0 Å². The van der Waals surface area contributed by atoms with Gasteiger partial charge in [0.2, 0.25) is 5.91 Å². The number of hydrogen-bond donors (Lipinski definition) is 0. The lowest BCUT2D eigenvalue weighted by Crippen LogP contribution is -2.40. The Labute approximate surface area is 182 Å². The predicted octanol–water partition coefficient (Wildman–Crippen LogP) is 4.77. The van der Waals surface area contributed by atoms with Crippen molar-refractivity contribution in [2.24, 2.45) is 0 Å². The fourth-order valence-corrected chi connectivity index (χ4v) is 4.15. The molecule has 0 radical (unpaired) electrons. The monoisotopic (exact) mass is 418 g/mol. The van der Waals surface area contributed by atoms with Crippen molar-refractivity contribution in [3.8, 4) is 5.75 Å². The molecule has 4 nitrogen and oxygen atoms in total. The number of amides is 1. The number of carbonyl (C=O) groups excluding carboxylic acids is 1. The predicted molar refractivity (Wildman–Crippen MR) is 119 cm³/mol. The summed E-state index contributed by atoms with van der Waals surface area (Å²) in [6.07, 6.45) is 2.97. The Morgan fingerprint density at radius 2 is 1.90 bits per heavy atom. The number of rotatable bonds is 6. The second-order valence-electron chi connectivity index (χ2n) is 8.06. The van der Waals surface area contributed by atoms with E-state index >= 15 is 0 Å². The molecule has 1 aliphatic heterocycles. The fourth-order valence-electron chi connectivity index (χ4n) is 4.15. The van der Waals surface area contributed by atoms with E-state index in [9.17, 15) is 9.18 Å². The van der Waals surface area contributed by atoms with Crippen LogP contribution >= 0.6 is 0 Å². The Morgan fingerprint density at radius 3 is 2.68 bits per heavy atom. The summed E-state index contributed by atoms with van der Waals surface area (Å²) in [6, 6.07) is 20.3. The molecule has 0 saturated carbocycles. The molecule has 31 heavy (non-hydrogen) atoms. The molecule has 0 aliphatic carbocycles. The van der Waals surface area contributed by atoms with E-state index in [1.54, 1.807) is 19.2 Å². The molecule has 0 N–H and O–H groups in total. The number of pyridine rings is 1. The Morgan fingerprint density at radius 1 is 1.10 bits per heavy atom. The minimum atomic E-state index is -0.230. The van der Waals surface area contributed by atoms with E-state index in [0.29, 0.717) is 19.4 Å². The highest BCUT2D eigenvalue weighted by molar-refractivity contribution is 5.79. The van der Waals surface area contributed by atoms with Crippen LogP contribution < -0.4 is 4.74 Å². The second-order valence-corrected chi connectivity index (χ2v) is 8.06. The number of carbonyl (C=O) groups is 1. The molecule has 1 aliphatic rings. The van der Waals surface area contributed by atoms with Gasteiger partial charge in [-0.05, 0) is 60.4 Å². The standard InChI is InChI=1S/C26H27FN2O2/c1-31-24-12-10-19(11-13-24)17-26(30)29-14-4-6-21(18-29)25-9-3-8-23(28-25)16-20-5-2-7-22(27)15-20/h2-3,5,7-13,15,21H,4,6,14,16-18H2,1H3/t21-/m1/s1. The van der Waals surface area contributed by atoms with Crippen LogP contribution in [0, 0.1) is 5.82 Å². The molecular formula is C26H27FN2O2. The first-order valence-corrected chi connectivity index (χ1v) is 10.7. The second kappa shape index (κ2) is 9.73. The van der Waals surface area contributed by atoms with Crippen molar-refractivity contribution < 1.29 is 13.9 Å². The molecule has 5 heteroatoms. The van der Waals surface area contributed by atoms with Gasteiger partial charge in [-0.1, -0.05) is 30.3 Å². The van der Waals surface area contributed by atoms with Crippen LogP contribution in [0.2, 0.25) is 0 Å². The summed E-state index contributed by atoms with van der Waals surface area (Å²) in [5.74, 6) is 0.928. The third-order valence-corrected chi connectivity index (χ3v) is 5.81. The van der Waals surface area contributed by atoms with Gasteiger partial charge >= 0.3 is 0 Å². The SMILES string of the molecule is COc1ccc(CC(=O)N2CCC[C@@H](c3cccc(Cc4cccc(F)c4)n3)C2)cc1. The Balaban J connectivity index is 1.41. The van der Waals surface area contributed by atoms with Crippen LogP contribution in [0.3, 0.4) is 0 Å². The third kappa shape index (κ3) is 5.48. The summed E-state index contributed by atoms with van der Waals surface area (Å²) in [5.41, 5.74) is 3.83. The van der Waals surface area contributed by atoms with Crippen LogP contribution in [0.1, 0.15) is 41.3 Å². The maximum absolute atomic E-state index is 13.5. The quantitative estimate of drug-likeness (QED) is 0.579. The first kappa shape index (κ1) is 21.0. The number of benzene rings is 2. The topological polar surface area (TPSA) is 42.4 Å². The molecule has 1 aromatic heterocycles. The van der Waals surface area contributed by atoms with Gasteiger partial charge in [0, 0.05) is 36.8 Å². The lowest BCUT2D eigenvalue weighted by molar-refractivity contribution is -0.131. The number of piperidine rings is 1. The summed E-state index contributed by atoms with van der Waals surface area (Å²) < 4.78 is 18.7. The zero-order valence-corrected chi connectivity index (χ0v) is 17.8. The van der Waals surface area contributed by atoms with Gasteiger partial charge in [0.1, 0.15) is 11.6 Å². The summed E-state index contributed by atoms with van der Waals surface area (Å²) in [4.78, 5) is 19.7. The van der Waals surface area contributed by atoms with Crippen molar-refractivity contribution in [1.82, 2.24) is 9.88 Å². The van der Waals surface area contributed by atoms with Gasteiger partial charge < -0.3 is 9.64 Å². The van der Waals surface area contributed by atoms with Crippen molar-refractivity contribution in [2.45, 2.75) is 31.6 Å². The molecule has 2 aromatic carbocycles. The number of methoxy groups -OCH3 is 1. The lowest BCUT2D eigenvalue weighted by atomic mass is 9.93. The van der Waals surface area contributed by atoms with Gasteiger partial charge in [0.25, 0.3) is 0 Å². The minimum absolute atomic E-state index is 0.144. The molecule has 160 valence electrons. The third-order valence-electron chi connectivity index (χ3n) is 5.81. The van der Waals surface area contributed by atoms with Crippen molar-refractivity contribution in [2.75, 3.05) is 20.2 Å². The zero-order valence-electron chi connectivity index (χ0n) is 17.8. The van der Waals surface area contributed by atoms with Gasteiger partial charge in [-0.2, -0.15) is 0 Å². The summed E-state index contributed by atoms with van der Waals surface area (Å²) in [6.45, 7) is 1.47. The van der Waals surface area contributed by atoms with E-state index in [0.717, 1.165) is 47.7 Å². The summed E-state index contributed by atoms with van der Waals surface area (Å²) in [5, 5.41) is 0. The lowest BCUT2D eigenvalue weighted by Gasteiger charge is -2.32. The van der Waals surface area contributed by atoms with Crippen LogP contribution in [-0.4, -0.2) is 36.0 Å². The number of aromatic nitrogens is 1. The van der Waals surface area contributed by atoms with Gasteiger partial charge in [-0.25, -0.2) is 4.39 Å². The number of halogens is 1. The smallest absolute Gasteiger partial charge is 0.227 e. The van der Waals surface area contributed by atoms with E-state index in [-0.39, 0.29) is 17.6 Å². The molecule has 1 atom stereocenters. The molecule has 1 fully saturated rings. The molecule has 0 unspecified atom stereocenters. The zero-order chi connectivity index (χ0) is 21.6. The van der Waals surface area contributed by atoms with Crippen LogP contribution in [0.15, 0.2) is 66.7 Å². The van der Waals surface area contributed by atoms with Crippen LogP contribution in [-0.2, 0) is 17.6 Å². The average molecular weight is 419 g/mol. The molecule has 1 amide bonds. The molecule has 1 saturated heterocycles. The normalized spacial score (nSPS) is 16.2. The van der Waals surface area contributed by atoms with Crippen LogP contribution in [0.25, 0.3) is 0 Å². The summed E-state index contributed by atoms with van der Waals surface area (Å²) >= 11 is 0. The largest absolute Gasteiger partial charge is 0.497 e. The van der Waals surface area contributed by atoms with E-state index in [4.69, 9.17) is 9.72 Å². The first-order chi connectivity index (χ1) is 15.1. The summed E-state index contributed by atoms with van der Waals surface area (Å²) in [7, 11) is 1.63. The van der Waals surface area contributed by atoms with E-state index in [1.807, 2.05) is 53.4 Å². The van der Waals surface area contributed by atoms with Crippen molar-refractivity contribution >= 4 is 5.91 Å². The van der Waals surface area contributed by atoms with Crippen molar-refractivity contribution in [1.29, 1.82) is 0 Å². The van der Waals surface area contributed by atoms with Gasteiger partial charge in [0.05, 0.1) is 13.5 Å². The van der Waals surface area contributed by atoms with Crippen LogP contribution in [0.4, 0.5) is 4.39 Å². The molecule has 0 bridgehead atoms. The van der Waals surface area contributed by atoms with Gasteiger partial charge in [-0.3, -0.25) is 9.78 Å². The molecular weight excluding hydrogens is 391 g/mol. The minimum Gasteiger partial charge on any atom is -0.497 e. The highest BCUT2D eigenvalue weighted by atomic mass is 19.1. The highest BCUT2D eigenvalue weighted by Crippen LogP contribution is 2.27. The molecule has 2 heterocycles. The number of hydrogen-bond acceptors (Lipinski definition) is 3.